The number of nitrogens with zero attached hydrogens (tertiary/aromatic N) is 1. The summed E-state index contributed by atoms with van der Waals surface area (Å²) in [4.78, 5) is 0. The van der Waals surface area contributed by atoms with Crippen molar-refractivity contribution in [3.8, 4) is 17.2 Å². The molecule has 0 aliphatic carbocycles. The van der Waals surface area contributed by atoms with Gasteiger partial charge in [-0.3, -0.25) is 0 Å². The Kier molecular flexibility index (Phi) is 6.72. The number of fused-ring (bicyclic) bond motifs is 1. The SMILES string of the molecule is CCCCS.N#Cc1ccc(-c2ccc3ccccc3c2)cc1. The molecule has 0 saturated heterocycles. The van der Waals surface area contributed by atoms with Gasteiger partial charge < -0.3 is 0 Å². The smallest absolute Gasteiger partial charge is 0.0991 e. The van der Waals surface area contributed by atoms with Crippen LogP contribution in [0.2, 0.25) is 0 Å². The average molecular weight is 319 g/mol. The molecule has 0 amide bonds. The molecule has 116 valence electrons. The molecule has 0 fully saturated rings. The minimum atomic E-state index is 0.694. The largest absolute Gasteiger partial charge is 0.192 e. The number of hydrogen-bond acceptors (Lipinski definition) is 2. The van der Waals surface area contributed by atoms with Gasteiger partial charge in [-0.05, 0) is 52.3 Å². The summed E-state index contributed by atoms with van der Waals surface area (Å²) in [5.41, 5.74) is 3.01. The molecule has 0 bridgehead atoms. The zero-order valence-corrected chi connectivity index (χ0v) is 14.3. The predicted octanol–water partition coefficient (Wildman–Crippen LogP) is 6.09. The van der Waals surface area contributed by atoms with Gasteiger partial charge in [-0.15, -0.1) is 0 Å². The molecular weight excluding hydrogens is 298 g/mol. The Morgan fingerprint density at radius 2 is 1.52 bits per heavy atom. The first-order valence-electron chi connectivity index (χ1n) is 7.88. The van der Waals surface area contributed by atoms with Crippen LogP contribution in [0.4, 0.5) is 0 Å². The Hall–Kier alpha value is -2.24. The monoisotopic (exact) mass is 319 g/mol. The second kappa shape index (κ2) is 9.02. The summed E-state index contributed by atoms with van der Waals surface area (Å²) in [5, 5.41) is 11.3. The van der Waals surface area contributed by atoms with Crippen LogP contribution in [-0.2, 0) is 0 Å². The van der Waals surface area contributed by atoms with E-state index in [1.54, 1.807) is 0 Å². The Morgan fingerprint density at radius 1 is 0.870 bits per heavy atom. The number of rotatable bonds is 3. The quantitative estimate of drug-likeness (QED) is 0.580. The van der Waals surface area contributed by atoms with E-state index in [4.69, 9.17) is 5.26 Å². The first-order valence-corrected chi connectivity index (χ1v) is 8.52. The van der Waals surface area contributed by atoms with Crippen molar-refractivity contribution in [3.05, 3.63) is 72.3 Å². The molecule has 0 aromatic heterocycles. The van der Waals surface area contributed by atoms with E-state index in [0.717, 1.165) is 11.3 Å². The predicted molar refractivity (Wildman–Crippen MR) is 103 cm³/mol. The number of hydrogen-bond donors (Lipinski definition) is 1. The third kappa shape index (κ3) is 4.87. The van der Waals surface area contributed by atoms with Gasteiger partial charge in [-0.25, -0.2) is 0 Å². The van der Waals surface area contributed by atoms with E-state index in [1.165, 1.54) is 29.2 Å². The lowest BCUT2D eigenvalue weighted by molar-refractivity contribution is 0.899. The molecule has 0 saturated carbocycles. The molecule has 3 aromatic carbocycles. The number of unbranched alkanes of at least 4 members (excludes halogenated alkanes) is 1. The number of thiol groups is 1. The zero-order valence-electron chi connectivity index (χ0n) is 13.4. The molecule has 0 aliphatic heterocycles. The molecule has 0 aliphatic rings. The van der Waals surface area contributed by atoms with Gasteiger partial charge in [0.2, 0.25) is 0 Å². The fraction of sp³-hybridized carbons (Fsp3) is 0.190. The Labute approximate surface area is 144 Å². The molecule has 0 atom stereocenters. The molecule has 3 aromatic rings. The summed E-state index contributed by atoms with van der Waals surface area (Å²) in [5.74, 6) is 1.04. The van der Waals surface area contributed by atoms with E-state index >= 15 is 0 Å². The van der Waals surface area contributed by atoms with Crippen molar-refractivity contribution in [3.63, 3.8) is 0 Å². The third-order valence-electron chi connectivity index (χ3n) is 3.61. The fourth-order valence-electron chi connectivity index (χ4n) is 2.26. The zero-order chi connectivity index (χ0) is 16.5. The van der Waals surface area contributed by atoms with E-state index in [9.17, 15) is 0 Å². The van der Waals surface area contributed by atoms with E-state index in [0.29, 0.717) is 5.56 Å². The molecule has 1 nitrogen and oxygen atoms in total. The lowest BCUT2D eigenvalue weighted by Crippen LogP contribution is -1.80. The molecular formula is C21H21NS. The second-order valence-electron chi connectivity index (χ2n) is 5.33. The van der Waals surface area contributed by atoms with E-state index < -0.39 is 0 Å². The lowest BCUT2D eigenvalue weighted by Gasteiger charge is -2.04. The van der Waals surface area contributed by atoms with Crippen LogP contribution >= 0.6 is 12.6 Å². The van der Waals surface area contributed by atoms with Gasteiger partial charge in [0, 0.05) is 0 Å². The Balaban J connectivity index is 0.000000338. The van der Waals surface area contributed by atoms with Crippen LogP contribution in [0.1, 0.15) is 25.3 Å². The van der Waals surface area contributed by atoms with Crippen LogP contribution in [0.5, 0.6) is 0 Å². The minimum Gasteiger partial charge on any atom is -0.192 e. The second-order valence-corrected chi connectivity index (χ2v) is 5.78. The van der Waals surface area contributed by atoms with Crippen LogP contribution < -0.4 is 0 Å². The van der Waals surface area contributed by atoms with Crippen LogP contribution in [0.15, 0.2) is 66.7 Å². The molecule has 0 unspecified atom stereocenters. The maximum atomic E-state index is 8.79. The Bertz CT molecular complexity index is 783. The minimum absolute atomic E-state index is 0.694. The molecule has 0 radical (unpaired) electrons. The van der Waals surface area contributed by atoms with Crippen LogP contribution in [0.25, 0.3) is 21.9 Å². The molecule has 0 N–H and O–H groups in total. The van der Waals surface area contributed by atoms with Gasteiger partial charge in [0.1, 0.15) is 0 Å². The summed E-state index contributed by atoms with van der Waals surface area (Å²) < 4.78 is 0. The number of nitriles is 1. The summed E-state index contributed by atoms with van der Waals surface area (Å²) >= 11 is 4.00. The number of benzene rings is 3. The van der Waals surface area contributed by atoms with Gasteiger partial charge in [0.15, 0.2) is 0 Å². The van der Waals surface area contributed by atoms with Crippen LogP contribution in [-0.4, -0.2) is 5.75 Å². The maximum Gasteiger partial charge on any atom is 0.0991 e. The van der Waals surface area contributed by atoms with Gasteiger partial charge in [-0.1, -0.05) is 61.9 Å². The van der Waals surface area contributed by atoms with Gasteiger partial charge in [0.25, 0.3) is 0 Å². The summed E-state index contributed by atoms with van der Waals surface area (Å²) in [6.45, 7) is 2.16. The molecule has 0 heterocycles. The maximum absolute atomic E-state index is 8.79. The van der Waals surface area contributed by atoms with Crippen LogP contribution in [0.3, 0.4) is 0 Å². The normalized spacial score (nSPS) is 9.78. The van der Waals surface area contributed by atoms with Crippen molar-refractivity contribution >= 4 is 23.4 Å². The van der Waals surface area contributed by atoms with Gasteiger partial charge in [-0.2, -0.15) is 17.9 Å². The highest BCUT2D eigenvalue weighted by Gasteiger charge is 1.99. The standard InChI is InChI=1S/C17H11N.C4H10S/c18-12-13-5-7-15(8-6-13)17-10-9-14-3-1-2-4-16(14)11-17;1-2-3-4-5/h1-11H;5H,2-4H2,1H3. The van der Waals surface area contributed by atoms with Crippen molar-refractivity contribution in [1.82, 2.24) is 0 Å². The average Bonchev–Trinajstić information content (AvgIpc) is 2.62. The molecule has 0 spiro atoms. The fourth-order valence-corrected chi connectivity index (χ4v) is 2.58. The first-order chi connectivity index (χ1) is 11.3. The topological polar surface area (TPSA) is 23.8 Å². The van der Waals surface area contributed by atoms with Crippen LogP contribution in [0, 0.1) is 11.3 Å². The summed E-state index contributed by atoms with van der Waals surface area (Å²) in [6, 6.07) is 24.6. The van der Waals surface area contributed by atoms with Crippen molar-refractivity contribution in [2.45, 2.75) is 19.8 Å². The van der Waals surface area contributed by atoms with Gasteiger partial charge >= 0.3 is 0 Å². The van der Waals surface area contributed by atoms with E-state index in [1.807, 2.05) is 36.4 Å². The highest BCUT2D eigenvalue weighted by Crippen LogP contribution is 2.24. The highest BCUT2D eigenvalue weighted by atomic mass is 32.1. The highest BCUT2D eigenvalue weighted by molar-refractivity contribution is 7.80. The third-order valence-corrected chi connectivity index (χ3v) is 3.92. The van der Waals surface area contributed by atoms with E-state index in [-0.39, 0.29) is 0 Å². The molecule has 23 heavy (non-hydrogen) atoms. The summed E-state index contributed by atoms with van der Waals surface area (Å²) in [6.07, 6.45) is 2.52. The molecule has 3 rings (SSSR count). The molecule has 2 heteroatoms. The first kappa shape index (κ1) is 17.1. The lowest BCUT2D eigenvalue weighted by atomic mass is 10.0. The van der Waals surface area contributed by atoms with Crippen molar-refractivity contribution in [1.29, 1.82) is 5.26 Å². The van der Waals surface area contributed by atoms with Crippen molar-refractivity contribution in [2.75, 3.05) is 5.75 Å². The van der Waals surface area contributed by atoms with Gasteiger partial charge in [0.05, 0.1) is 11.6 Å². The van der Waals surface area contributed by atoms with E-state index in [2.05, 4.69) is 56.0 Å². The Morgan fingerprint density at radius 3 is 2.09 bits per heavy atom. The summed E-state index contributed by atoms with van der Waals surface area (Å²) in [7, 11) is 0. The van der Waals surface area contributed by atoms with Crippen molar-refractivity contribution < 1.29 is 0 Å². The van der Waals surface area contributed by atoms with Crippen molar-refractivity contribution in [2.24, 2.45) is 0 Å².